The van der Waals surface area contributed by atoms with Crippen LogP contribution in [0.1, 0.15) is 0 Å². The van der Waals surface area contributed by atoms with Gasteiger partial charge in [-0.25, -0.2) is 4.90 Å². The highest BCUT2D eigenvalue weighted by Gasteiger charge is 2.39. The molecule has 2 amide bonds. The Hall–Kier alpha value is -2.21. The van der Waals surface area contributed by atoms with E-state index in [4.69, 9.17) is 39.5 Å². The maximum Gasteiger partial charge on any atom is 0.283 e. The Morgan fingerprint density at radius 1 is 0.960 bits per heavy atom. The van der Waals surface area contributed by atoms with E-state index in [1.807, 2.05) is 0 Å². The number of carbonyl (C=O) groups excluding carboxylic acids is 2. The highest BCUT2D eigenvalue weighted by molar-refractivity contribution is 6.53. The predicted molar refractivity (Wildman–Crippen MR) is 98.5 cm³/mol. The second-order valence-corrected chi connectivity index (χ2v) is 6.37. The van der Waals surface area contributed by atoms with Crippen LogP contribution < -0.4 is 15.0 Å². The molecule has 1 aliphatic heterocycles. The molecule has 3 rings (SSSR count). The average Bonchev–Trinajstić information content (AvgIpc) is 2.78. The zero-order valence-corrected chi connectivity index (χ0v) is 15.1. The van der Waals surface area contributed by atoms with E-state index in [0.717, 1.165) is 4.90 Å². The number of hydrogen-bond acceptors (Lipinski definition) is 4. The minimum atomic E-state index is -0.629. The number of benzene rings is 2. The largest absolute Gasteiger partial charge is 0.497 e. The molecular weight excluding hydrogens is 387 g/mol. The van der Waals surface area contributed by atoms with Crippen LogP contribution in [-0.2, 0) is 9.59 Å². The van der Waals surface area contributed by atoms with Gasteiger partial charge in [-0.1, -0.05) is 40.9 Å². The van der Waals surface area contributed by atoms with Crippen molar-refractivity contribution < 1.29 is 14.3 Å². The molecule has 0 radical (unpaired) electrons. The van der Waals surface area contributed by atoms with Crippen LogP contribution in [0, 0.1) is 0 Å². The molecule has 0 unspecified atom stereocenters. The van der Waals surface area contributed by atoms with Crippen LogP contribution in [0.3, 0.4) is 0 Å². The summed E-state index contributed by atoms with van der Waals surface area (Å²) in [6.07, 6.45) is 0. The van der Waals surface area contributed by atoms with E-state index < -0.39 is 11.8 Å². The molecule has 0 saturated carbocycles. The maximum atomic E-state index is 12.7. The maximum absolute atomic E-state index is 12.7. The van der Waals surface area contributed by atoms with E-state index >= 15 is 0 Å². The van der Waals surface area contributed by atoms with E-state index in [-0.39, 0.29) is 10.7 Å². The lowest BCUT2D eigenvalue weighted by atomic mass is 10.2. The van der Waals surface area contributed by atoms with Crippen molar-refractivity contribution in [2.75, 3.05) is 17.3 Å². The number of methoxy groups -OCH3 is 1. The molecule has 0 spiro atoms. The molecule has 5 nitrogen and oxygen atoms in total. The molecule has 1 aliphatic rings. The number of ether oxygens (including phenoxy) is 1. The Balaban J connectivity index is 1.93. The van der Waals surface area contributed by atoms with Crippen molar-refractivity contribution in [3.05, 3.63) is 63.2 Å². The average molecular weight is 398 g/mol. The number of hydrogen-bond donors (Lipinski definition) is 1. The lowest BCUT2D eigenvalue weighted by Gasteiger charge is -2.16. The van der Waals surface area contributed by atoms with Crippen molar-refractivity contribution in [1.29, 1.82) is 0 Å². The molecule has 8 heteroatoms. The van der Waals surface area contributed by atoms with Gasteiger partial charge in [0.1, 0.15) is 16.5 Å². The third-order valence-electron chi connectivity index (χ3n) is 3.47. The molecule has 128 valence electrons. The molecule has 2 aromatic carbocycles. The van der Waals surface area contributed by atoms with E-state index in [0.29, 0.717) is 27.2 Å². The first kappa shape index (κ1) is 17.6. The first-order valence-corrected chi connectivity index (χ1v) is 8.20. The molecule has 0 bridgehead atoms. The van der Waals surface area contributed by atoms with E-state index in [9.17, 15) is 9.59 Å². The van der Waals surface area contributed by atoms with Gasteiger partial charge in [0.25, 0.3) is 11.8 Å². The molecule has 0 saturated heterocycles. The van der Waals surface area contributed by atoms with Gasteiger partial charge >= 0.3 is 0 Å². The fraction of sp³-hybridized carbons (Fsp3) is 0.0588. The van der Waals surface area contributed by atoms with Crippen molar-refractivity contribution >= 4 is 58.0 Å². The van der Waals surface area contributed by atoms with Gasteiger partial charge in [-0.15, -0.1) is 0 Å². The predicted octanol–water partition coefficient (Wildman–Crippen LogP) is 4.44. The van der Waals surface area contributed by atoms with E-state index in [2.05, 4.69) is 5.32 Å². The fourth-order valence-electron chi connectivity index (χ4n) is 2.37. The van der Waals surface area contributed by atoms with Crippen molar-refractivity contribution in [3.63, 3.8) is 0 Å². The van der Waals surface area contributed by atoms with Crippen molar-refractivity contribution in [1.82, 2.24) is 0 Å². The summed E-state index contributed by atoms with van der Waals surface area (Å²) in [6, 6.07) is 11.2. The molecule has 0 atom stereocenters. The van der Waals surface area contributed by atoms with Crippen LogP contribution in [0.2, 0.25) is 10.0 Å². The molecule has 1 heterocycles. The molecule has 25 heavy (non-hydrogen) atoms. The summed E-state index contributed by atoms with van der Waals surface area (Å²) >= 11 is 18.0. The third kappa shape index (κ3) is 3.44. The number of nitrogens with zero attached hydrogens (tertiary/aromatic N) is 1. The first-order chi connectivity index (χ1) is 11.9. The van der Waals surface area contributed by atoms with Gasteiger partial charge in [0, 0.05) is 21.8 Å². The van der Waals surface area contributed by atoms with E-state index in [1.165, 1.54) is 7.11 Å². The summed E-state index contributed by atoms with van der Waals surface area (Å²) < 4.78 is 5.12. The van der Waals surface area contributed by atoms with Gasteiger partial charge < -0.3 is 10.1 Å². The molecule has 0 aliphatic carbocycles. The number of carbonyl (C=O) groups is 2. The normalized spacial score (nSPS) is 14.3. The highest BCUT2D eigenvalue weighted by atomic mass is 35.5. The minimum absolute atomic E-state index is 0.0483. The van der Waals surface area contributed by atoms with Crippen molar-refractivity contribution in [3.8, 4) is 5.75 Å². The highest BCUT2D eigenvalue weighted by Crippen LogP contribution is 2.32. The number of amides is 2. The smallest absolute Gasteiger partial charge is 0.283 e. The Morgan fingerprint density at radius 2 is 1.64 bits per heavy atom. The summed E-state index contributed by atoms with van der Waals surface area (Å²) in [5.41, 5.74) is 0.750. The number of imide groups is 1. The number of nitrogens with one attached hydrogen (secondary N) is 1. The molecule has 2 aromatic rings. The Bertz CT molecular complexity index is 892. The summed E-state index contributed by atoms with van der Waals surface area (Å²) in [5, 5.41) is 3.36. The third-order valence-corrected chi connectivity index (χ3v) is 4.26. The van der Waals surface area contributed by atoms with Crippen LogP contribution >= 0.6 is 34.8 Å². The van der Waals surface area contributed by atoms with Gasteiger partial charge in [-0.05, 0) is 30.3 Å². The second kappa shape index (κ2) is 6.96. The van der Waals surface area contributed by atoms with Gasteiger partial charge in [-0.2, -0.15) is 0 Å². The number of halogens is 3. The topological polar surface area (TPSA) is 58.6 Å². The lowest BCUT2D eigenvalue weighted by molar-refractivity contribution is -0.120. The second-order valence-electron chi connectivity index (χ2n) is 5.12. The van der Waals surface area contributed by atoms with Crippen molar-refractivity contribution in [2.45, 2.75) is 0 Å². The number of rotatable bonds is 4. The number of anilines is 2. The molecular formula is C17H11Cl3N2O3. The quantitative estimate of drug-likeness (QED) is 0.775. The van der Waals surface area contributed by atoms with Crippen LogP contribution in [-0.4, -0.2) is 18.9 Å². The van der Waals surface area contributed by atoms with Gasteiger partial charge in [0.05, 0.1) is 12.8 Å². The molecule has 0 fully saturated rings. The fourth-order valence-corrected chi connectivity index (χ4v) is 3.10. The van der Waals surface area contributed by atoms with Crippen LogP contribution in [0.5, 0.6) is 5.75 Å². The zero-order valence-electron chi connectivity index (χ0n) is 12.8. The summed E-state index contributed by atoms with van der Waals surface area (Å²) in [4.78, 5) is 26.1. The summed E-state index contributed by atoms with van der Waals surface area (Å²) in [5.74, 6) is -0.702. The monoisotopic (exact) mass is 396 g/mol. The Morgan fingerprint density at radius 3 is 2.28 bits per heavy atom. The van der Waals surface area contributed by atoms with Gasteiger partial charge in [-0.3, -0.25) is 9.59 Å². The van der Waals surface area contributed by atoms with Gasteiger partial charge in [0.15, 0.2) is 0 Å². The summed E-state index contributed by atoms with van der Waals surface area (Å²) in [6.45, 7) is 0. The van der Waals surface area contributed by atoms with Gasteiger partial charge in [0.2, 0.25) is 0 Å². The van der Waals surface area contributed by atoms with E-state index in [1.54, 1.807) is 42.5 Å². The Kier molecular flexibility index (Phi) is 4.90. The Labute approximate surface area is 158 Å². The molecule has 0 aromatic heterocycles. The van der Waals surface area contributed by atoms with Crippen LogP contribution in [0.4, 0.5) is 11.4 Å². The van der Waals surface area contributed by atoms with Crippen LogP contribution in [0.15, 0.2) is 53.2 Å². The molecule has 1 N–H and O–H groups in total. The standard InChI is InChI=1S/C17H11Cl3N2O3/c1-25-13-4-2-3-12(8-13)22-16(23)14(20)15(17(22)24)21-11-6-9(18)5-10(19)7-11/h2-8,21H,1H3. The van der Waals surface area contributed by atoms with Crippen LogP contribution in [0.25, 0.3) is 0 Å². The van der Waals surface area contributed by atoms with Crippen molar-refractivity contribution in [2.24, 2.45) is 0 Å². The first-order valence-electron chi connectivity index (χ1n) is 7.06. The lowest BCUT2D eigenvalue weighted by Crippen LogP contribution is -2.32. The SMILES string of the molecule is COc1cccc(N2C(=O)C(Cl)=C(Nc3cc(Cl)cc(Cl)c3)C2=O)c1. The minimum Gasteiger partial charge on any atom is -0.497 e. The zero-order chi connectivity index (χ0) is 18.1. The summed E-state index contributed by atoms with van der Waals surface area (Å²) in [7, 11) is 1.49.